The van der Waals surface area contributed by atoms with Crippen molar-refractivity contribution in [3.05, 3.63) is 54.1 Å². The molecule has 0 bridgehead atoms. The molecule has 0 radical (unpaired) electrons. The van der Waals surface area contributed by atoms with Crippen LogP contribution < -0.4 is 14.2 Å². The average molecular weight is 272 g/mol. The van der Waals surface area contributed by atoms with Crippen molar-refractivity contribution in [2.45, 2.75) is 13.3 Å². The highest BCUT2D eigenvalue weighted by Crippen LogP contribution is 2.25. The Morgan fingerprint density at radius 2 is 1.30 bits per heavy atom. The van der Waals surface area contributed by atoms with Gasteiger partial charge in [0.15, 0.2) is 11.5 Å². The smallest absolute Gasteiger partial charge is 0.161 e. The van der Waals surface area contributed by atoms with Gasteiger partial charge in [0, 0.05) is 0 Å². The van der Waals surface area contributed by atoms with Gasteiger partial charge in [-0.05, 0) is 30.2 Å². The van der Waals surface area contributed by atoms with Crippen LogP contribution in [0.25, 0.3) is 0 Å². The summed E-state index contributed by atoms with van der Waals surface area (Å²) in [5, 5.41) is 0. The molecule has 0 aliphatic carbocycles. The molecule has 106 valence electrons. The second-order valence-corrected chi connectivity index (χ2v) is 4.31. The van der Waals surface area contributed by atoms with Crippen LogP contribution in [0.4, 0.5) is 0 Å². The van der Waals surface area contributed by atoms with Gasteiger partial charge in [-0.1, -0.05) is 37.3 Å². The van der Waals surface area contributed by atoms with Gasteiger partial charge in [0.2, 0.25) is 0 Å². The van der Waals surface area contributed by atoms with Crippen molar-refractivity contribution in [1.29, 1.82) is 0 Å². The fourth-order valence-corrected chi connectivity index (χ4v) is 1.98. The first-order valence-electron chi connectivity index (χ1n) is 6.81. The third-order valence-electron chi connectivity index (χ3n) is 3.02. The van der Waals surface area contributed by atoms with E-state index >= 15 is 0 Å². The highest BCUT2D eigenvalue weighted by Gasteiger charge is 2.03. The van der Waals surface area contributed by atoms with Gasteiger partial charge in [0.05, 0.1) is 7.11 Å². The number of hydrogen-bond acceptors (Lipinski definition) is 3. The van der Waals surface area contributed by atoms with Gasteiger partial charge < -0.3 is 14.2 Å². The molecule has 0 unspecified atom stereocenters. The van der Waals surface area contributed by atoms with Crippen LogP contribution in [0.15, 0.2) is 48.5 Å². The van der Waals surface area contributed by atoms with Gasteiger partial charge in [-0.2, -0.15) is 0 Å². The van der Waals surface area contributed by atoms with Crippen LogP contribution in [0.1, 0.15) is 12.5 Å². The van der Waals surface area contributed by atoms with Crippen molar-refractivity contribution < 1.29 is 14.2 Å². The molecule has 0 N–H and O–H groups in total. The van der Waals surface area contributed by atoms with Gasteiger partial charge in [0.25, 0.3) is 0 Å². The van der Waals surface area contributed by atoms with Gasteiger partial charge in [-0.3, -0.25) is 0 Å². The van der Waals surface area contributed by atoms with Crippen LogP contribution in [0.2, 0.25) is 0 Å². The molecule has 3 heteroatoms. The minimum absolute atomic E-state index is 0.485. The number of rotatable bonds is 7. The van der Waals surface area contributed by atoms with E-state index in [0.29, 0.717) is 13.2 Å². The molecule has 0 fully saturated rings. The van der Waals surface area contributed by atoms with Gasteiger partial charge in [0.1, 0.15) is 19.0 Å². The molecule has 2 aromatic carbocycles. The van der Waals surface area contributed by atoms with Crippen LogP contribution >= 0.6 is 0 Å². The Kier molecular flexibility index (Phi) is 5.30. The quantitative estimate of drug-likeness (QED) is 0.719. The first-order chi connectivity index (χ1) is 9.85. The number of benzene rings is 2. The van der Waals surface area contributed by atoms with E-state index in [0.717, 1.165) is 23.7 Å². The molecule has 2 rings (SSSR count). The minimum Gasteiger partial charge on any atom is -0.493 e. The first kappa shape index (κ1) is 14.3. The lowest BCUT2D eigenvalue weighted by molar-refractivity contribution is 0.210. The summed E-state index contributed by atoms with van der Waals surface area (Å²) in [7, 11) is 1.64. The zero-order valence-electron chi connectivity index (χ0n) is 12.0. The maximum atomic E-state index is 5.76. The van der Waals surface area contributed by atoms with E-state index in [1.807, 2.05) is 42.5 Å². The Morgan fingerprint density at radius 3 is 1.95 bits per heavy atom. The summed E-state index contributed by atoms with van der Waals surface area (Å²) >= 11 is 0. The molecule has 0 spiro atoms. The number of methoxy groups -OCH3 is 1. The molecule has 20 heavy (non-hydrogen) atoms. The third kappa shape index (κ3) is 3.67. The lowest BCUT2D eigenvalue weighted by Gasteiger charge is -2.12. The van der Waals surface area contributed by atoms with Gasteiger partial charge >= 0.3 is 0 Å². The molecule has 0 aliphatic rings. The lowest BCUT2D eigenvalue weighted by Crippen LogP contribution is -2.10. The zero-order valence-corrected chi connectivity index (χ0v) is 12.0. The molecule has 0 saturated carbocycles. The highest BCUT2D eigenvalue weighted by atomic mass is 16.5. The number of aryl methyl sites for hydroxylation is 1. The van der Waals surface area contributed by atoms with Crippen molar-refractivity contribution in [2.75, 3.05) is 20.3 Å². The van der Waals surface area contributed by atoms with Crippen LogP contribution in [0.3, 0.4) is 0 Å². The number of hydrogen-bond donors (Lipinski definition) is 0. The normalized spacial score (nSPS) is 10.1. The second kappa shape index (κ2) is 7.43. The summed E-state index contributed by atoms with van der Waals surface area (Å²) in [6.07, 6.45) is 0.962. The van der Waals surface area contributed by atoms with Crippen LogP contribution in [0.5, 0.6) is 17.2 Å². The number of ether oxygens (including phenoxy) is 3. The molecule has 3 nitrogen and oxygen atoms in total. The Balaban J connectivity index is 1.84. The Hall–Kier alpha value is -2.16. The van der Waals surface area contributed by atoms with Crippen molar-refractivity contribution >= 4 is 0 Å². The van der Waals surface area contributed by atoms with Crippen LogP contribution in [0, 0.1) is 0 Å². The summed E-state index contributed by atoms with van der Waals surface area (Å²) in [6.45, 7) is 3.11. The summed E-state index contributed by atoms with van der Waals surface area (Å²) < 4.78 is 16.7. The predicted octanol–water partition coefficient (Wildman–Crippen LogP) is 3.72. The standard InChI is InChI=1S/C17H20O3/c1-3-14-8-4-5-9-15(14)19-12-13-20-17-11-7-6-10-16(17)18-2/h4-11H,3,12-13H2,1-2H3. The summed E-state index contributed by atoms with van der Waals surface area (Å²) in [4.78, 5) is 0. The Bertz CT molecular complexity index is 488. The second-order valence-electron chi connectivity index (χ2n) is 4.31. The van der Waals surface area contributed by atoms with Crippen LogP contribution in [-0.2, 0) is 6.42 Å². The first-order valence-corrected chi connectivity index (χ1v) is 6.81. The van der Waals surface area contributed by atoms with E-state index in [4.69, 9.17) is 14.2 Å². The Morgan fingerprint density at radius 1 is 0.750 bits per heavy atom. The van der Waals surface area contributed by atoms with E-state index in [2.05, 4.69) is 13.0 Å². The van der Waals surface area contributed by atoms with Crippen molar-refractivity contribution in [3.8, 4) is 17.2 Å². The van der Waals surface area contributed by atoms with E-state index in [1.165, 1.54) is 5.56 Å². The third-order valence-corrected chi connectivity index (χ3v) is 3.02. The molecule has 0 aromatic heterocycles. The Labute approximate surface area is 120 Å². The van der Waals surface area contributed by atoms with Gasteiger partial charge in [-0.25, -0.2) is 0 Å². The summed E-state index contributed by atoms with van der Waals surface area (Å²) in [6, 6.07) is 15.7. The lowest BCUT2D eigenvalue weighted by atomic mass is 10.1. The molecular formula is C17H20O3. The summed E-state index contributed by atoms with van der Waals surface area (Å²) in [5.41, 5.74) is 1.21. The van der Waals surface area contributed by atoms with E-state index < -0.39 is 0 Å². The monoisotopic (exact) mass is 272 g/mol. The van der Waals surface area contributed by atoms with E-state index in [-0.39, 0.29) is 0 Å². The summed E-state index contributed by atoms with van der Waals surface area (Å²) in [5.74, 6) is 2.41. The van der Waals surface area contributed by atoms with Crippen molar-refractivity contribution in [1.82, 2.24) is 0 Å². The highest BCUT2D eigenvalue weighted by molar-refractivity contribution is 5.39. The predicted molar refractivity (Wildman–Crippen MR) is 79.8 cm³/mol. The zero-order chi connectivity index (χ0) is 14.2. The SMILES string of the molecule is CCc1ccccc1OCCOc1ccccc1OC. The molecule has 0 aliphatic heterocycles. The number of para-hydroxylation sites is 3. The molecule has 0 atom stereocenters. The molecule has 0 amide bonds. The molecular weight excluding hydrogens is 252 g/mol. The molecule has 0 heterocycles. The van der Waals surface area contributed by atoms with Crippen molar-refractivity contribution in [3.63, 3.8) is 0 Å². The minimum atomic E-state index is 0.485. The maximum Gasteiger partial charge on any atom is 0.161 e. The van der Waals surface area contributed by atoms with Crippen molar-refractivity contribution in [2.24, 2.45) is 0 Å². The van der Waals surface area contributed by atoms with E-state index in [9.17, 15) is 0 Å². The van der Waals surface area contributed by atoms with Gasteiger partial charge in [-0.15, -0.1) is 0 Å². The fraction of sp³-hybridized carbons (Fsp3) is 0.294. The van der Waals surface area contributed by atoms with Crippen LogP contribution in [-0.4, -0.2) is 20.3 Å². The topological polar surface area (TPSA) is 27.7 Å². The van der Waals surface area contributed by atoms with E-state index in [1.54, 1.807) is 7.11 Å². The molecule has 0 saturated heterocycles. The average Bonchev–Trinajstić information content (AvgIpc) is 2.52. The largest absolute Gasteiger partial charge is 0.493 e. The molecule has 2 aromatic rings. The fourth-order valence-electron chi connectivity index (χ4n) is 1.98. The maximum absolute atomic E-state index is 5.76.